The third-order valence-corrected chi connectivity index (χ3v) is 6.49. The summed E-state index contributed by atoms with van der Waals surface area (Å²) in [6, 6.07) is 4.84. The van der Waals surface area contributed by atoms with Gasteiger partial charge in [0.05, 0.1) is 21.9 Å². The lowest BCUT2D eigenvalue weighted by atomic mass is 9.92. The van der Waals surface area contributed by atoms with Gasteiger partial charge in [-0.05, 0) is 43.9 Å². The van der Waals surface area contributed by atoms with E-state index in [0.29, 0.717) is 41.8 Å². The van der Waals surface area contributed by atoms with Gasteiger partial charge in [0.1, 0.15) is 0 Å². The molecule has 158 valence electrons. The summed E-state index contributed by atoms with van der Waals surface area (Å²) in [6.07, 6.45) is 3.17. The average molecular weight is 440 g/mol. The first-order chi connectivity index (χ1) is 13.8. The van der Waals surface area contributed by atoms with Gasteiger partial charge in [-0.3, -0.25) is 14.4 Å². The van der Waals surface area contributed by atoms with Gasteiger partial charge in [0.25, 0.3) is 5.91 Å². The van der Waals surface area contributed by atoms with Crippen LogP contribution in [0.2, 0.25) is 10.0 Å². The molecule has 0 radical (unpaired) electrons. The van der Waals surface area contributed by atoms with Gasteiger partial charge < -0.3 is 14.7 Å². The fraction of sp³-hybridized carbons (Fsp3) is 0.571. The molecule has 6 nitrogen and oxygen atoms in total. The summed E-state index contributed by atoms with van der Waals surface area (Å²) in [5.41, 5.74) is 0.474. The SMILES string of the molecule is CN(C)C(=O)C1CCCN(C(=O)C2CCCN(C(=O)c3ccc(Cl)c(Cl)c3)C2)C1. The van der Waals surface area contributed by atoms with Crippen molar-refractivity contribution >= 4 is 40.9 Å². The highest BCUT2D eigenvalue weighted by Gasteiger charge is 2.35. The lowest BCUT2D eigenvalue weighted by Gasteiger charge is -2.38. The largest absolute Gasteiger partial charge is 0.349 e. The molecule has 1 aromatic carbocycles. The van der Waals surface area contributed by atoms with Crippen molar-refractivity contribution in [2.75, 3.05) is 40.3 Å². The Morgan fingerprint density at radius 3 is 2.21 bits per heavy atom. The van der Waals surface area contributed by atoms with E-state index in [4.69, 9.17) is 23.2 Å². The van der Waals surface area contributed by atoms with Crippen molar-refractivity contribution in [2.24, 2.45) is 11.8 Å². The van der Waals surface area contributed by atoms with Crippen LogP contribution in [0.15, 0.2) is 18.2 Å². The average Bonchev–Trinajstić information content (AvgIpc) is 2.74. The highest BCUT2D eigenvalue weighted by atomic mass is 35.5. The van der Waals surface area contributed by atoms with Gasteiger partial charge in [-0.15, -0.1) is 0 Å². The molecule has 3 rings (SSSR count). The number of carbonyl (C=O) groups is 3. The third-order valence-electron chi connectivity index (χ3n) is 5.75. The number of piperidine rings is 2. The molecule has 2 aliphatic rings. The van der Waals surface area contributed by atoms with Gasteiger partial charge in [0, 0.05) is 45.8 Å². The zero-order valence-corrected chi connectivity index (χ0v) is 18.4. The molecule has 2 aliphatic heterocycles. The molecule has 1 aromatic rings. The molecular weight excluding hydrogens is 413 g/mol. The van der Waals surface area contributed by atoms with Crippen molar-refractivity contribution in [1.29, 1.82) is 0 Å². The third kappa shape index (κ3) is 5.04. The lowest BCUT2D eigenvalue weighted by molar-refractivity contribution is -0.142. The van der Waals surface area contributed by atoms with Crippen molar-refractivity contribution in [3.8, 4) is 0 Å². The van der Waals surface area contributed by atoms with Crippen LogP contribution < -0.4 is 0 Å². The van der Waals surface area contributed by atoms with E-state index in [0.717, 1.165) is 25.7 Å². The van der Waals surface area contributed by atoms with Crippen LogP contribution in [0.4, 0.5) is 0 Å². The summed E-state index contributed by atoms with van der Waals surface area (Å²) in [5.74, 6) is -0.389. The van der Waals surface area contributed by atoms with Gasteiger partial charge in [-0.1, -0.05) is 23.2 Å². The minimum Gasteiger partial charge on any atom is -0.349 e. The number of halogens is 2. The summed E-state index contributed by atoms with van der Waals surface area (Å²) in [6.45, 7) is 2.14. The highest BCUT2D eigenvalue weighted by molar-refractivity contribution is 6.42. The molecule has 8 heteroatoms. The van der Waals surface area contributed by atoms with Crippen LogP contribution in [-0.2, 0) is 9.59 Å². The molecule has 29 heavy (non-hydrogen) atoms. The first-order valence-electron chi connectivity index (χ1n) is 10.0. The number of likely N-dealkylation sites (tertiary alicyclic amines) is 2. The standard InChI is InChI=1S/C21H27Cl2N3O3/c1-24(2)19(27)15-5-3-10-26(12-15)21(29)16-6-4-9-25(13-16)20(28)14-7-8-17(22)18(23)11-14/h7-8,11,15-16H,3-6,9-10,12-13H2,1-2H3. The molecular formula is C21H27Cl2N3O3. The van der Waals surface area contributed by atoms with Crippen LogP contribution in [0.5, 0.6) is 0 Å². The Bertz CT molecular complexity index is 799. The molecule has 2 fully saturated rings. The van der Waals surface area contributed by atoms with E-state index < -0.39 is 0 Å². The predicted molar refractivity (Wildman–Crippen MR) is 113 cm³/mol. The Morgan fingerprint density at radius 2 is 1.55 bits per heavy atom. The molecule has 0 bridgehead atoms. The Morgan fingerprint density at radius 1 is 0.931 bits per heavy atom. The van der Waals surface area contributed by atoms with E-state index in [9.17, 15) is 14.4 Å². The molecule has 2 atom stereocenters. The maximum Gasteiger partial charge on any atom is 0.253 e. The molecule has 0 N–H and O–H groups in total. The van der Waals surface area contributed by atoms with E-state index in [2.05, 4.69) is 0 Å². The van der Waals surface area contributed by atoms with E-state index >= 15 is 0 Å². The van der Waals surface area contributed by atoms with Crippen LogP contribution in [0.25, 0.3) is 0 Å². The maximum absolute atomic E-state index is 13.1. The van der Waals surface area contributed by atoms with Gasteiger partial charge in [-0.2, -0.15) is 0 Å². The zero-order valence-electron chi connectivity index (χ0n) is 16.9. The molecule has 2 unspecified atom stereocenters. The molecule has 0 aliphatic carbocycles. The smallest absolute Gasteiger partial charge is 0.253 e. The molecule has 0 saturated carbocycles. The number of carbonyl (C=O) groups excluding carboxylic acids is 3. The second-order valence-electron chi connectivity index (χ2n) is 8.08. The second kappa shape index (κ2) is 9.35. The summed E-state index contributed by atoms with van der Waals surface area (Å²) in [7, 11) is 3.49. The van der Waals surface area contributed by atoms with Crippen LogP contribution in [0.1, 0.15) is 36.0 Å². The van der Waals surface area contributed by atoms with Crippen LogP contribution in [-0.4, -0.2) is 72.7 Å². The first-order valence-corrected chi connectivity index (χ1v) is 10.8. The monoisotopic (exact) mass is 439 g/mol. The van der Waals surface area contributed by atoms with Crippen molar-refractivity contribution in [3.05, 3.63) is 33.8 Å². The van der Waals surface area contributed by atoms with E-state index in [-0.39, 0.29) is 29.6 Å². The van der Waals surface area contributed by atoms with Gasteiger partial charge in [0.15, 0.2) is 0 Å². The normalized spacial score (nSPS) is 22.3. The second-order valence-corrected chi connectivity index (χ2v) is 8.89. The van der Waals surface area contributed by atoms with Crippen LogP contribution >= 0.6 is 23.2 Å². The molecule has 3 amide bonds. The Hall–Kier alpha value is -1.79. The topological polar surface area (TPSA) is 60.9 Å². The first kappa shape index (κ1) is 21.9. The molecule has 0 aromatic heterocycles. The highest BCUT2D eigenvalue weighted by Crippen LogP contribution is 2.27. The van der Waals surface area contributed by atoms with Gasteiger partial charge in [-0.25, -0.2) is 0 Å². The molecule has 2 saturated heterocycles. The fourth-order valence-corrected chi connectivity index (χ4v) is 4.48. The lowest BCUT2D eigenvalue weighted by Crippen LogP contribution is -2.50. The Balaban J connectivity index is 1.65. The maximum atomic E-state index is 13.1. The van der Waals surface area contributed by atoms with Crippen molar-refractivity contribution < 1.29 is 14.4 Å². The number of amides is 3. The Labute approximate surface area is 181 Å². The Kier molecular flexibility index (Phi) is 7.06. The van der Waals surface area contributed by atoms with Crippen LogP contribution in [0.3, 0.4) is 0 Å². The summed E-state index contributed by atoms with van der Waals surface area (Å²) >= 11 is 12.0. The van der Waals surface area contributed by atoms with Gasteiger partial charge >= 0.3 is 0 Å². The van der Waals surface area contributed by atoms with E-state index in [1.165, 1.54) is 0 Å². The van der Waals surface area contributed by atoms with Crippen molar-refractivity contribution in [1.82, 2.24) is 14.7 Å². The summed E-state index contributed by atoms with van der Waals surface area (Å²) in [5, 5.41) is 0.744. The van der Waals surface area contributed by atoms with Crippen molar-refractivity contribution in [3.63, 3.8) is 0 Å². The van der Waals surface area contributed by atoms with Crippen molar-refractivity contribution in [2.45, 2.75) is 25.7 Å². The summed E-state index contributed by atoms with van der Waals surface area (Å²) in [4.78, 5) is 43.4. The molecule has 2 heterocycles. The molecule has 0 spiro atoms. The summed E-state index contributed by atoms with van der Waals surface area (Å²) < 4.78 is 0. The van der Waals surface area contributed by atoms with Crippen LogP contribution in [0, 0.1) is 11.8 Å². The number of benzene rings is 1. The predicted octanol–water partition coefficient (Wildman–Crippen LogP) is 3.17. The number of rotatable bonds is 3. The zero-order chi connectivity index (χ0) is 21.1. The minimum absolute atomic E-state index is 0.0490. The quantitative estimate of drug-likeness (QED) is 0.726. The van der Waals surface area contributed by atoms with E-state index in [1.807, 2.05) is 4.90 Å². The minimum atomic E-state index is -0.233. The fourth-order valence-electron chi connectivity index (χ4n) is 4.18. The van der Waals surface area contributed by atoms with Gasteiger partial charge in [0.2, 0.25) is 11.8 Å². The van der Waals surface area contributed by atoms with E-state index in [1.54, 1.807) is 42.1 Å². The number of nitrogens with zero attached hydrogens (tertiary/aromatic N) is 3. The number of hydrogen-bond acceptors (Lipinski definition) is 3. The number of hydrogen-bond donors (Lipinski definition) is 0.